The molecule has 0 bridgehead atoms. The minimum absolute atomic E-state index is 0.0732. The first-order valence-electron chi connectivity index (χ1n) is 10.1. The highest BCUT2D eigenvalue weighted by atomic mass is 19.4. The molecule has 1 aliphatic rings. The fourth-order valence-electron chi connectivity index (χ4n) is 3.36. The first-order valence-corrected chi connectivity index (χ1v) is 10.1. The summed E-state index contributed by atoms with van der Waals surface area (Å²) in [6.07, 6.45) is -0.0617. The number of hydrogen-bond acceptors (Lipinski definition) is 7. The molecule has 3 aromatic heterocycles. The van der Waals surface area contributed by atoms with Crippen LogP contribution in [-0.4, -0.2) is 35.7 Å². The lowest BCUT2D eigenvalue weighted by Crippen LogP contribution is -2.20. The first-order chi connectivity index (χ1) is 16.2. The van der Waals surface area contributed by atoms with Gasteiger partial charge < -0.3 is 15.4 Å². The first kappa shape index (κ1) is 21.3. The molecule has 1 saturated carbocycles. The second kappa shape index (κ2) is 7.77. The number of aromatic nitrogens is 5. The van der Waals surface area contributed by atoms with Gasteiger partial charge in [-0.25, -0.2) is 9.78 Å². The van der Waals surface area contributed by atoms with Gasteiger partial charge in [0, 0.05) is 11.3 Å². The van der Waals surface area contributed by atoms with Crippen molar-refractivity contribution in [2.45, 2.75) is 25.1 Å². The molecule has 34 heavy (non-hydrogen) atoms. The van der Waals surface area contributed by atoms with Crippen molar-refractivity contribution in [1.29, 1.82) is 5.26 Å². The van der Waals surface area contributed by atoms with Gasteiger partial charge in [0.25, 0.3) is 0 Å². The molecule has 4 aromatic rings. The number of benzene rings is 1. The molecular formula is C21H15F3N8O2. The van der Waals surface area contributed by atoms with E-state index in [0.29, 0.717) is 10.7 Å². The molecule has 172 valence electrons. The van der Waals surface area contributed by atoms with Crippen molar-refractivity contribution in [3.8, 4) is 11.9 Å². The third-order valence-electron chi connectivity index (χ3n) is 5.09. The van der Waals surface area contributed by atoms with Crippen LogP contribution < -0.4 is 21.7 Å². The highest BCUT2D eigenvalue weighted by Crippen LogP contribution is 2.36. The molecule has 10 nitrogen and oxygen atoms in total. The number of aromatic amines is 2. The smallest absolute Gasteiger partial charge is 0.418 e. The number of nitrogens with zero attached hydrogens (tertiary/aromatic N) is 5. The molecule has 3 heterocycles. The zero-order chi connectivity index (χ0) is 24.0. The van der Waals surface area contributed by atoms with Crippen LogP contribution in [0.5, 0.6) is 5.88 Å². The van der Waals surface area contributed by atoms with Crippen LogP contribution in [0.1, 0.15) is 29.7 Å². The molecule has 0 unspecified atom stereocenters. The maximum atomic E-state index is 13.6. The highest BCUT2D eigenvalue weighted by molar-refractivity contribution is 5.65. The topological polar surface area (TPSA) is 147 Å². The van der Waals surface area contributed by atoms with E-state index in [4.69, 9.17) is 5.26 Å². The quantitative estimate of drug-likeness (QED) is 0.358. The van der Waals surface area contributed by atoms with E-state index >= 15 is 0 Å². The molecule has 1 fully saturated rings. The van der Waals surface area contributed by atoms with Crippen LogP contribution in [0.4, 0.5) is 24.7 Å². The molecule has 0 saturated heterocycles. The summed E-state index contributed by atoms with van der Waals surface area (Å²) in [7, 11) is 0. The second-order valence-electron chi connectivity index (χ2n) is 7.68. The van der Waals surface area contributed by atoms with E-state index in [1.807, 2.05) is 0 Å². The Balaban J connectivity index is 1.68. The van der Waals surface area contributed by atoms with E-state index in [9.17, 15) is 23.1 Å². The van der Waals surface area contributed by atoms with E-state index in [1.54, 1.807) is 6.07 Å². The van der Waals surface area contributed by atoms with Crippen molar-refractivity contribution in [2.24, 2.45) is 4.99 Å². The SMILES string of the molecule is N#Cc1ccc(Nc2cc(=NC3CC3)n3nc/c(=C/c4[nH]c(=O)[nH]c4O)c3n2)c(C(F)(F)F)c1. The summed E-state index contributed by atoms with van der Waals surface area (Å²) >= 11 is 0. The molecule has 5 rings (SSSR count). The molecule has 0 radical (unpaired) electrons. The summed E-state index contributed by atoms with van der Waals surface area (Å²) in [6.45, 7) is 0. The standard InChI is InChI=1S/C21H15F3N8O2/c22-21(23,24)13-5-10(8-25)1-4-14(13)28-16-7-17(27-12-2-3-12)32-18(30-16)11(9-26-32)6-15-19(33)31-20(34)29-15/h1,4-7,9,12,28,33H,2-3H2,(H2,29,31,34)/b11-6-,27-17?. The van der Waals surface area contributed by atoms with Gasteiger partial charge in [0.15, 0.2) is 11.1 Å². The molecule has 0 atom stereocenters. The third kappa shape index (κ3) is 4.08. The predicted octanol–water partition coefficient (Wildman–Crippen LogP) is 1.70. The maximum Gasteiger partial charge on any atom is 0.418 e. The van der Waals surface area contributed by atoms with Crippen LogP contribution in [-0.2, 0) is 6.18 Å². The van der Waals surface area contributed by atoms with Crippen LogP contribution in [0.15, 0.2) is 40.2 Å². The highest BCUT2D eigenvalue weighted by Gasteiger charge is 2.34. The number of anilines is 2. The van der Waals surface area contributed by atoms with Gasteiger partial charge in [-0.2, -0.15) is 28.0 Å². The zero-order valence-corrected chi connectivity index (χ0v) is 17.2. The molecule has 0 amide bonds. The number of rotatable bonds is 4. The summed E-state index contributed by atoms with van der Waals surface area (Å²) in [5.74, 6) is -0.307. The van der Waals surface area contributed by atoms with Crippen molar-refractivity contribution in [3.63, 3.8) is 0 Å². The Morgan fingerprint density at radius 1 is 1.29 bits per heavy atom. The van der Waals surface area contributed by atoms with Gasteiger partial charge in [0.1, 0.15) is 11.5 Å². The summed E-state index contributed by atoms with van der Waals surface area (Å²) in [6, 6.07) is 6.47. The second-order valence-corrected chi connectivity index (χ2v) is 7.68. The summed E-state index contributed by atoms with van der Waals surface area (Å²) in [5, 5.41) is 26.2. The van der Waals surface area contributed by atoms with Gasteiger partial charge in [0.05, 0.1) is 35.1 Å². The molecule has 1 aromatic carbocycles. The van der Waals surface area contributed by atoms with E-state index in [-0.39, 0.29) is 40.3 Å². The fraction of sp³-hybridized carbons (Fsp3) is 0.190. The van der Waals surface area contributed by atoms with Crippen molar-refractivity contribution in [3.05, 3.63) is 68.5 Å². The average molecular weight is 468 g/mol. The molecule has 4 N–H and O–H groups in total. The monoisotopic (exact) mass is 468 g/mol. The molecule has 13 heteroatoms. The Bertz CT molecular complexity index is 1640. The van der Waals surface area contributed by atoms with Crippen LogP contribution in [0.25, 0.3) is 11.7 Å². The summed E-state index contributed by atoms with van der Waals surface area (Å²) < 4.78 is 42.3. The van der Waals surface area contributed by atoms with Gasteiger partial charge in [-0.15, -0.1) is 0 Å². The lowest BCUT2D eigenvalue weighted by Gasteiger charge is -2.14. The van der Waals surface area contributed by atoms with Crippen LogP contribution in [0, 0.1) is 11.3 Å². The molecule has 0 aliphatic heterocycles. The van der Waals surface area contributed by atoms with E-state index in [0.717, 1.165) is 25.0 Å². The Morgan fingerprint density at radius 2 is 2.09 bits per heavy atom. The van der Waals surface area contributed by atoms with Crippen LogP contribution in [0.2, 0.25) is 0 Å². The maximum absolute atomic E-state index is 13.6. The number of alkyl halides is 3. The number of nitrogens with one attached hydrogen (secondary N) is 3. The summed E-state index contributed by atoms with van der Waals surface area (Å²) in [5.41, 5.74) is -1.31. The Labute approximate surface area is 187 Å². The number of halogens is 3. The number of imidazole rings is 1. The van der Waals surface area contributed by atoms with Crippen molar-refractivity contribution in [2.75, 3.05) is 5.32 Å². The van der Waals surface area contributed by atoms with Gasteiger partial charge >= 0.3 is 11.9 Å². The Kier molecular flexibility index (Phi) is 4.85. The van der Waals surface area contributed by atoms with E-state index in [1.165, 1.54) is 28.9 Å². The largest absolute Gasteiger partial charge is 0.493 e. The predicted molar refractivity (Wildman–Crippen MR) is 113 cm³/mol. The molecule has 1 aliphatic carbocycles. The number of H-pyrrole nitrogens is 2. The Hall–Kier alpha value is -4.60. The van der Waals surface area contributed by atoms with Crippen LogP contribution >= 0.6 is 0 Å². The fourth-order valence-corrected chi connectivity index (χ4v) is 3.36. The minimum Gasteiger partial charge on any atom is -0.493 e. The van der Waals surface area contributed by atoms with Crippen molar-refractivity contribution < 1.29 is 18.3 Å². The van der Waals surface area contributed by atoms with Gasteiger partial charge in [-0.3, -0.25) is 9.98 Å². The van der Waals surface area contributed by atoms with E-state index in [2.05, 4.69) is 30.4 Å². The number of fused-ring (bicyclic) bond motifs is 1. The van der Waals surface area contributed by atoms with Crippen LogP contribution in [0.3, 0.4) is 0 Å². The van der Waals surface area contributed by atoms with Crippen molar-refractivity contribution in [1.82, 2.24) is 24.6 Å². The van der Waals surface area contributed by atoms with Gasteiger partial charge in [0.2, 0.25) is 5.88 Å². The number of aromatic hydroxyl groups is 1. The lowest BCUT2D eigenvalue weighted by molar-refractivity contribution is -0.136. The number of hydrogen-bond donors (Lipinski definition) is 4. The van der Waals surface area contributed by atoms with Gasteiger partial charge in [-0.05, 0) is 37.1 Å². The minimum atomic E-state index is -4.70. The average Bonchev–Trinajstić information content (AvgIpc) is 3.42. The number of nitriles is 1. The lowest BCUT2D eigenvalue weighted by atomic mass is 10.1. The van der Waals surface area contributed by atoms with Gasteiger partial charge in [-0.1, -0.05) is 0 Å². The summed E-state index contributed by atoms with van der Waals surface area (Å²) in [4.78, 5) is 25.0. The van der Waals surface area contributed by atoms with E-state index < -0.39 is 17.4 Å². The Morgan fingerprint density at radius 3 is 2.74 bits per heavy atom. The normalized spacial score (nSPS) is 15.1. The zero-order valence-electron chi connectivity index (χ0n) is 17.2. The third-order valence-corrected chi connectivity index (χ3v) is 5.09. The van der Waals surface area contributed by atoms with Crippen molar-refractivity contribution >= 4 is 23.2 Å². The molecular weight excluding hydrogens is 453 g/mol. The molecule has 0 spiro atoms.